The second-order valence-corrected chi connectivity index (χ2v) is 3.85. The van der Waals surface area contributed by atoms with Crippen LogP contribution in [0.3, 0.4) is 0 Å². The third-order valence-corrected chi connectivity index (χ3v) is 2.58. The summed E-state index contributed by atoms with van der Waals surface area (Å²) in [7, 11) is 0. The molecule has 0 radical (unpaired) electrons. The molecule has 0 saturated carbocycles. The normalized spacial score (nSPS) is 22.4. The molecule has 1 amide bonds. The van der Waals surface area contributed by atoms with Gasteiger partial charge in [0.05, 0.1) is 6.20 Å². The lowest BCUT2D eigenvalue weighted by Gasteiger charge is -2.30. The average Bonchev–Trinajstić information content (AvgIpc) is 2.69. The number of nitrogens with one attached hydrogen (secondary N) is 1. The van der Waals surface area contributed by atoms with Crippen LogP contribution in [0.1, 0.15) is 30.3 Å². The van der Waals surface area contributed by atoms with Crippen molar-refractivity contribution in [2.75, 3.05) is 13.1 Å². The summed E-state index contributed by atoms with van der Waals surface area (Å²) < 4.78 is 0. The van der Waals surface area contributed by atoms with Gasteiger partial charge in [0.2, 0.25) is 0 Å². The maximum atomic E-state index is 11.8. The zero-order chi connectivity index (χ0) is 9.97. The van der Waals surface area contributed by atoms with Crippen LogP contribution < -0.4 is 0 Å². The van der Waals surface area contributed by atoms with E-state index in [0.717, 1.165) is 19.5 Å². The molecule has 2 rings (SSSR count). The van der Waals surface area contributed by atoms with E-state index in [2.05, 4.69) is 22.3 Å². The average molecular weight is 194 g/mol. The van der Waals surface area contributed by atoms with Gasteiger partial charge in [-0.15, -0.1) is 0 Å². The summed E-state index contributed by atoms with van der Waals surface area (Å²) in [5.41, 5.74) is 0.416. The number of hydrogen-bond donors (Lipinski definition) is 1. The van der Waals surface area contributed by atoms with Crippen molar-refractivity contribution in [2.24, 2.45) is 5.92 Å². The zero-order valence-corrected chi connectivity index (χ0v) is 8.23. The number of hydrogen-bond acceptors (Lipinski definition) is 3. The minimum absolute atomic E-state index is 0.00898. The number of piperidine rings is 1. The minimum Gasteiger partial charge on any atom is -0.337 e. The minimum atomic E-state index is -0.00898. The third-order valence-electron chi connectivity index (χ3n) is 2.58. The van der Waals surface area contributed by atoms with Gasteiger partial charge in [-0.3, -0.25) is 4.79 Å². The van der Waals surface area contributed by atoms with Gasteiger partial charge >= 0.3 is 0 Å². The number of H-pyrrole nitrogens is 1. The van der Waals surface area contributed by atoms with Gasteiger partial charge in [-0.25, -0.2) is 0 Å². The van der Waals surface area contributed by atoms with Crippen LogP contribution in [0.4, 0.5) is 0 Å². The molecule has 0 aromatic carbocycles. The van der Waals surface area contributed by atoms with E-state index >= 15 is 0 Å². The predicted molar refractivity (Wildman–Crippen MR) is 50.7 cm³/mol. The Morgan fingerprint density at radius 2 is 2.57 bits per heavy atom. The molecule has 14 heavy (non-hydrogen) atoms. The molecule has 1 saturated heterocycles. The third kappa shape index (κ3) is 1.76. The first-order chi connectivity index (χ1) is 6.77. The second-order valence-electron chi connectivity index (χ2n) is 3.85. The van der Waals surface area contributed by atoms with E-state index in [1.807, 2.05) is 4.90 Å². The summed E-state index contributed by atoms with van der Waals surface area (Å²) in [5.74, 6) is 0.588. The molecular formula is C9H14N4O. The van der Waals surface area contributed by atoms with Gasteiger partial charge in [-0.1, -0.05) is 6.92 Å². The summed E-state index contributed by atoms with van der Waals surface area (Å²) in [4.78, 5) is 13.7. The molecule has 1 aliphatic heterocycles. The van der Waals surface area contributed by atoms with Gasteiger partial charge in [0.25, 0.3) is 5.91 Å². The number of aromatic nitrogens is 3. The lowest BCUT2D eigenvalue weighted by molar-refractivity contribution is 0.0677. The molecule has 76 valence electrons. The molecule has 1 aromatic heterocycles. The van der Waals surface area contributed by atoms with E-state index < -0.39 is 0 Å². The monoisotopic (exact) mass is 194 g/mol. The fourth-order valence-corrected chi connectivity index (χ4v) is 1.84. The Morgan fingerprint density at radius 1 is 1.71 bits per heavy atom. The molecule has 0 spiro atoms. The van der Waals surface area contributed by atoms with Crippen LogP contribution in [0.15, 0.2) is 6.20 Å². The number of nitrogens with zero attached hydrogens (tertiary/aromatic N) is 3. The first-order valence-electron chi connectivity index (χ1n) is 4.92. The summed E-state index contributed by atoms with van der Waals surface area (Å²) >= 11 is 0. The smallest absolute Gasteiger partial charge is 0.276 e. The molecule has 0 aliphatic carbocycles. The highest BCUT2D eigenvalue weighted by atomic mass is 16.2. The maximum absolute atomic E-state index is 11.8. The van der Waals surface area contributed by atoms with Crippen molar-refractivity contribution in [3.8, 4) is 0 Å². The molecule has 0 bridgehead atoms. The summed E-state index contributed by atoms with van der Waals surface area (Å²) in [6.45, 7) is 3.85. The van der Waals surface area contributed by atoms with E-state index in [0.29, 0.717) is 11.6 Å². The molecule has 5 heteroatoms. The molecular weight excluding hydrogens is 180 g/mol. The van der Waals surface area contributed by atoms with Gasteiger partial charge in [0.15, 0.2) is 5.69 Å². The van der Waals surface area contributed by atoms with Gasteiger partial charge in [0.1, 0.15) is 0 Å². The van der Waals surface area contributed by atoms with Crippen LogP contribution in [-0.4, -0.2) is 39.3 Å². The Labute approximate surface area is 82.5 Å². The molecule has 1 aromatic rings. The highest BCUT2D eigenvalue weighted by Crippen LogP contribution is 2.16. The van der Waals surface area contributed by atoms with Gasteiger partial charge in [-0.05, 0) is 18.8 Å². The molecule has 1 aliphatic rings. The van der Waals surface area contributed by atoms with Crippen LogP contribution in [0.5, 0.6) is 0 Å². The largest absolute Gasteiger partial charge is 0.337 e. The number of aromatic amines is 1. The molecule has 2 heterocycles. The lowest BCUT2D eigenvalue weighted by Crippen LogP contribution is -2.39. The fourth-order valence-electron chi connectivity index (χ4n) is 1.84. The van der Waals surface area contributed by atoms with Crippen LogP contribution in [0, 0.1) is 5.92 Å². The van der Waals surface area contributed by atoms with Crippen LogP contribution >= 0.6 is 0 Å². The van der Waals surface area contributed by atoms with Crippen molar-refractivity contribution in [2.45, 2.75) is 19.8 Å². The van der Waals surface area contributed by atoms with E-state index in [-0.39, 0.29) is 5.91 Å². The number of amides is 1. The van der Waals surface area contributed by atoms with Crippen molar-refractivity contribution >= 4 is 5.91 Å². The zero-order valence-electron chi connectivity index (χ0n) is 8.23. The van der Waals surface area contributed by atoms with Crippen molar-refractivity contribution in [3.05, 3.63) is 11.9 Å². The van der Waals surface area contributed by atoms with Crippen molar-refractivity contribution in [1.82, 2.24) is 20.3 Å². The summed E-state index contributed by atoms with van der Waals surface area (Å²) in [5, 5.41) is 9.88. The summed E-state index contributed by atoms with van der Waals surface area (Å²) in [6, 6.07) is 0. The van der Waals surface area contributed by atoms with E-state index in [1.165, 1.54) is 12.6 Å². The van der Waals surface area contributed by atoms with E-state index in [1.54, 1.807) is 0 Å². The van der Waals surface area contributed by atoms with Crippen LogP contribution in [0.25, 0.3) is 0 Å². The van der Waals surface area contributed by atoms with E-state index in [9.17, 15) is 4.79 Å². The number of rotatable bonds is 1. The van der Waals surface area contributed by atoms with Crippen molar-refractivity contribution < 1.29 is 4.79 Å². The van der Waals surface area contributed by atoms with Gasteiger partial charge in [-0.2, -0.15) is 15.4 Å². The molecule has 5 nitrogen and oxygen atoms in total. The van der Waals surface area contributed by atoms with Gasteiger partial charge < -0.3 is 4.90 Å². The Morgan fingerprint density at radius 3 is 3.21 bits per heavy atom. The first kappa shape index (κ1) is 9.18. The second kappa shape index (κ2) is 3.77. The molecule has 1 unspecified atom stereocenters. The quantitative estimate of drug-likeness (QED) is 0.715. The molecule has 1 N–H and O–H groups in total. The molecule has 1 fully saturated rings. The highest BCUT2D eigenvalue weighted by molar-refractivity contribution is 5.91. The summed E-state index contributed by atoms with van der Waals surface area (Å²) in [6.07, 6.45) is 3.77. The first-order valence-corrected chi connectivity index (χ1v) is 4.92. The molecule has 1 atom stereocenters. The van der Waals surface area contributed by atoms with Crippen LogP contribution in [0.2, 0.25) is 0 Å². The lowest BCUT2D eigenvalue weighted by atomic mass is 10.0. The topological polar surface area (TPSA) is 61.9 Å². The van der Waals surface area contributed by atoms with Crippen LogP contribution in [-0.2, 0) is 0 Å². The Balaban J connectivity index is 2.04. The Bertz CT molecular complexity index is 309. The maximum Gasteiger partial charge on any atom is 0.276 e. The fraction of sp³-hybridized carbons (Fsp3) is 0.667. The van der Waals surface area contributed by atoms with E-state index in [4.69, 9.17) is 0 Å². The SMILES string of the molecule is CC1CCCN(C(=O)c2cn[nH]n2)C1. The van der Waals surface area contributed by atoms with Crippen molar-refractivity contribution in [3.63, 3.8) is 0 Å². The number of carbonyl (C=O) groups excluding carboxylic acids is 1. The number of likely N-dealkylation sites (tertiary alicyclic amines) is 1. The predicted octanol–water partition coefficient (Wildman–Crippen LogP) is 0.677. The van der Waals surface area contributed by atoms with Gasteiger partial charge in [0, 0.05) is 13.1 Å². The highest BCUT2D eigenvalue weighted by Gasteiger charge is 2.23. The Kier molecular flexibility index (Phi) is 2.47. The number of carbonyl (C=O) groups is 1. The Hall–Kier alpha value is -1.39. The standard InChI is InChI=1S/C9H14N4O/c1-7-3-2-4-13(6-7)9(14)8-5-10-12-11-8/h5,7H,2-4,6H2,1H3,(H,10,11,12). The van der Waals surface area contributed by atoms with Crippen molar-refractivity contribution in [1.29, 1.82) is 0 Å².